The summed E-state index contributed by atoms with van der Waals surface area (Å²) < 4.78 is 11.4. The average Bonchev–Trinajstić information content (AvgIpc) is 2.45. The smallest absolute Gasteiger partial charge is 0.145 e. The molecule has 4 nitrogen and oxygen atoms in total. The van der Waals surface area contributed by atoms with Gasteiger partial charge in [-0.25, -0.2) is 0 Å². The first-order valence-electron chi connectivity index (χ1n) is 6.74. The highest BCUT2D eigenvalue weighted by atomic mass is 16.5. The lowest BCUT2D eigenvalue weighted by Gasteiger charge is -2.11. The van der Waals surface area contributed by atoms with E-state index in [1.165, 1.54) is 0 Å². The highest BCUT2D eigenvalue weighted by molar-refractivity contribution is 5.56. The average molecular weight is 272 g/mol. The largest absolute Gasteiger partial charge is 0.491 e. The van der Waals surface area contributed by atoms with E-state index in [9.17, 15) is 0 Å². The molecule has 0 bridgehead atoms. The van der Waals surface area contributed by atoms with Gasteiger partial charge in [-0.3, -0.25) is 0 Å². The second-order valence-electron chi connectivity index (χ2n) is 4.57. The van der Waals surface area contributed by atoms with Gasteiger partial charge in [-0.15, -0.1) is 0 Å². The van der Waals surface area contributed by atoms with Crippen LogP contribution in [0.4, 0.5) is 11.4 Å². The van der Waals surface area contributed by atoms with Gasteiger partial charge in [0.15, 0.2) is 0 Å². The van der Waals surface area contributed by atoms with E-state index in [1.807, 2.05) is 18.2 Å². The predicted molar refractivity (Wildman–Crippen MR) is 82.2 cm³/mol. The van der Waals surface area contributed by atoms with Gasteiger partial charge in [0.25, 0.3) is 0 Å². The molecule has 0 saturated carbocycles. The molecular formula is C16H20N2O2. The maximum Gasteiger partial charge on any atom is 0.145 e. The fourth-order valence-corrected chi connectivity index (χ4v) is 1.70. The molecule has 0 aliphatic rings. The molecule has 0 fully saturated rings. The Bertz CT molecular complexity index is 553. The van der Waals surface area contributed by atoms with Crippen LogP contribution in [0.25, 0.3) is 0 Å². The number of rotatable bonds is 6. The van der Waals surface area contributed by atoms with Crippen LogP contribution in [0.3, 0.4) is 0 Å². The lowest BCUT2D eigenvalue weighted by atomic mass is 10.2. The Hall–Kier alpha value is -2.36. The van der Waals surface area contributed by atoms with Crippen molar-refractivity contribution in [3.63, 3.8) is 0 Å². The van der Waals surface area contributed by atoms with Gasteiger partial charge in [-0.2, -0.15) is 0 Å². The summed E-state index contributed by atoms with van der Waals surface area (Å²) in [6, 6.07) is 12.6. The summed E-state index contributed by atoms with van der Waals surface area (Å²) in [7, 11) is 0. The van der Waals surface area contributed by atoms with E-state index in [4.69, 9.17) is 20.9 Å². The van der Waals surface area contributed by atoms with Crippen LogP contribution in [0, 0.1) is 0 Å². The first-order valence-corrected chi connectivity index (χ1v) is 6.74. The Balaban J connectivity index is 2.08. The van der Waals surface area contributed by atoms with Gasteiger partial charge < -0.3 is 20.9 Å². The fourth-order valence-electron chi connectivity index (χ4n) is 1.70. The molecule has 0 aromatic heterocycles. The molecule has 0 amide bonds. The first kappa shape index (κ1) is 14.1. The Morgan fingerprint density at radius 3 is 2.35 bits per heavy atom. The minimum absolute atomic E-state index is 0.616. The molecule has 0 saturated heterocycles. The van der Waals surface area contributed by atoms with Gasteiger partial charge in [0.05, 0.1) is 12.3 Å². The second kappa shape index (κ2) is 6.70. The molecule has 4 N–H and O–H groups in total. The van der Waals surface area contributed by atoms with Crippen LogP contribution < -0.4 is 20.9 Å². The van der Waals surface area contributed by atoms with E-state index in [-0.39, 0.29) is 0 Å². The summed E-state index contributed by atoms with van der Waals surface area (Å²) in [4.78, 5) is 0. The third kappa shape index (κ3) is 3.82. The van der Waals surface area contributed by atoms with E-state index in [0.29, 0.717) is 29.5 Å². The minimum Gasteiger partial charge on any atom is -0.491 e. The lowest BCUT2D eigenvalue weighted by Crippen LogP contribution is -2.00. The van der Waals surface area contributed by atoms with Gasteiger partial charge in [0, 0.05) is 11.8 Å². The number of hydrogen-bond donors (Lipinski definition) is 2. The van der Waals surface area contributed by atoms with Crippen molar-refractivity contribution >= 4 is 11.4 Å². The van der Waals surface area contributed by atoms with Gasteiger partial charge in [0.2, 0.25) is 0 Å². The number of benzene rings is 2. The van der Waals surface area contributed by atoms with Crippen LogP contribution in [-0.2, 0) is 0 Å². The number of hydrogen-bond acceptors (Lipinski definition) is 4. The van der Waals surface area contributed by atoms with E-state index in [0.717, 1.165) is 18.6 Å². The van der Waals surface area contributed by atoms with Crippen LogP contribution in [0.1, 0.15) is 19.8 Å². The van der Waals surface area contributed by atoms with Crippen LogP contribution in [0.5, 0.6) is 17.2 Å². The third-order valence-corrected chi connectivity index (χ3v) is 2.86. The fraction of sp³-hybridized carbons (Fsp3) is 0.250. The molecule has 0 heterocycles. The van der Waals surface area contributed by atoms with Crippen molar-refractivity contribution in [3.8, 4) is 17.2 Å². The van der Waals surface area contributed by atoms with Crippen molar-refractivity contribution in [2.24, 2.45) is 0 Å². The van der Waals surface area contributed by atoms with Crippen LogP contribution >= 0.6 is 0 Å². The van der Waals surface area contributed by atoms with Gasteiger partial charge in [-0.1, -0.05) is 13.3 Å². The van der Waals surface area contributed by atoms with E-state index in [2.05, 4.69) is 6.92 Å². The molecule has 4 heteroatoms. The molecule has 2 aromatic carbocycles. The predicted octanol–water partition coefficient (Wildman–Crippen LogP) is 3.82. The minimum atomic E-state index is 0.616. The molecule has 20 heavy (non-hydrogen) atoms. The number of nitrogens with two attached hydrogens (primary N) is 2. The monoisotopic (exact) mass is 272 g/mol. The van der Waals surface area contributed by atoms with Crippen molar-refractivity contribution in [1.82, 2.24) is 0 Å². The summed E-state index contributed by atoms with van der Waals surface area (Å²) in [6.07, 6.45) is 2.09. The van der Waals surface area contributed by atoms with Crippen molar-refractivity contribution < 1.29 is 9.47 Å². The van der Waals surface area contributed by atoms with Crippen LogP contribution in [0.2, 0.25) is 0 Å². The molecule has 2 aromatic rings. The zero-order valence-electron chi connectivity index (χ0n) is 11.6. The SMILES string of the molecule is CCCCOc1cc(Oc2ccc(N)cc2)ccc1N. The van der Waals surface area contributed by atoms with Gasteiger partial charge in [0.1, 0.15) is 17.2 Å². The number of anilines is 2. The molecule has 0 radical (unpaired) electrons. The Morgan fingerprint density at radius 2 is 1.65 bits per heavy atom. The molecule has 2 rings (SSSR count). The van der Waals surface area contributed by atoms with Crippen molar-refractivity contribution in [3.05, 3.63) is 42.5 Å². The highest BCUT2D eigenvalue weighted by Crippen LogP contribution is 2.30. The third-order valence-electron chi connectivity index (χ3n) is 2.86. The normalized spacial score (nSPS) is 10.2. The van der Waals surface area contributed by atoms with Gasteiger partial charge in [-0.05, 0) is 42.8 Å². The highest BCUT2D eigenvalue weighted by Gasteiger charge is 2.04. The zero-order chi connectivity index (χ0) is 14.4. The van der Waals surface area contributed by atoms with E-state index in [1.54, 1.807) is 24.3 Å². The molecule has 0 atom stereocenters. The maximum atomic E-state index is 5.89. The van der Waals surface area contributed by atoms with Crippen LogP contribution in [0.15, 0.2) is 42.5 Å². The summed E-state index contributed by atoms with van der Waals surface area (Å²) in [5, 5.41) is 0. The second-order valence-corrected chi connectivity index (χ2v) is 4.57. The van der Waals surface area contributed by atoms with Crippen LogP contribution in [-0.4, -0.2) is 6.61 Å². The summed E-state index contributed by atoms with van der Waals surface area (Å²) in [5.74, 6) is 2.07. The standard InChI is InChI=1S/C16H20N2O2/c1-2-3-10-19-16-11-14(8-9-15(16)18)20-13-6-4-12(17)5-7-13/h4-9,11H,2-3,10,17-18H2,1H3. The maximum absolute atomic E-state index is 5.89. The number of ether oxygens (including phenoxy) is 2. The molecule has 0 spiro atoms. The Labute approximate surface area is 119 Å². The molecular weight excluding hydrogens is 252 g/mol. The lowest BCUT2D eigenvalue weighted by molar-refractivity contribution is 0.309. The van der Waals surface area contributed by atoms with Gasteiger partial charge >= 0.3 is 0 Å². The molecule has 0 unspecified atom stereocenters. The van der Waals surface area contributed by atoms with Crippen molar-refractivity contribution in [2.45, 2.75) is 19.8 Å². The summed E-state index contributed by atoms with van der Waals surface area (Å²) in [5.41, 5.74) is 12.9. The van der Waals surface area contributed by atoms with E-state index >= 15 is 0 Å². The zero-order valence-corrected chi connectivity index (χ0v) is 11.6. The molecule has 0 aliphatic heterocycles. The Kier molecular flexibility index (Phi) is 4.71. The molecule has 0 aliphatic carbocycles. The first-order chi connectivity index (χ1) is 9.69. The summed E-state index contributed by atoms with van der Waals surface area (Å²) in [6.45, 7) is 2.78. The topological polar surface area (TPSA) is 70.5 Å². The summed E-state index contributed by atoms with van der Waals surface area (Å²) >= 11 is 0. The Morgan fingerprint density at radius 1 is 0.950 bits per heavy atom. The van der Waals surface area contributed by atoms with Crippen molar-refractivity contribution in [1.29, 1.82) is 0 Å². The van der Waals surface area contributed by atoms with E-state index < -0.39 is 0 Å². The number of nitrogen functional groups attached to an aromatic ring is 2. The van der Waals surface area contributed by atoms with Crippen molar-refractivity contribution in [2.75, 3.05) is 18.1 Å². The molecule has 106 valence electrons. The quantitative estimate of drug-likeness (QED) is 0.619. The number of unbranched alkanes of at least 4 members (excludes halogenated alkanes) is 1.